The van der Waals surface area contributed by atoms with Crippen LogP contribution in [-0.2, 0) is 4.79 Å². The van der Waals surface area contributed by atoms with Gasteiger partial charge in [-0.1, -0.05) is 23.8 Å². The number of nitrogens with one attached hydrogen (secondary N) is 2. The molecule has 122 valence electrons. The molecule has 2 amide bonds. The Hall–Kier alpha value is -2.34. The van der Waals surface area contributed by atoms with Crippen molar-refractivity contribution >= 4 is 23.2 Å². The number of carbonyl (C=O) groups is 2. The maximum Gasteiger partial charge on any atom is 0.261 e. The minimum absolute atomic E-state index is 0.0603. The van der Waals surface area contributed by atoms with E-state index in [1.165, 1.54) is 11.3 Å². The second-order valence-corrected chi connectivity index (χ2v) is 6.14. The summed E-state index contributed by atoms with van der Waals surface area (Å²) in [6.45, 7) is 3.81. The number of aryl methyl sites for hydroxylation is 1. The number of carbonyl (C=O) groups excluding carboxylic acids is 2. The average molecular weight is 332 g/mol. The van der Waals surface area contributed by atoms with Gasteiger partial charge >= 0.3 is 0 Å². The highest BCUT2D eigenvalue weighted by Gasteiger charge is 2.15. The first-order valence-corrected chi connectivity index (χ1v) is 8.15. The van der Waals surface area contributed by atoms with E-state index < -0.39 is 0 Å². The van der Waals surface area contributed by atoms with Crippen molar-refractivity contribution in [3.8, 4) is 5.75 Å². The zero-order valence-electron chi connectivity index (χ0n) is 13.4. The van der Waals surface area contributed by atoms with Crippen molar-refractivity contribution in [2.24, 2.45) is 0 Å². The molecule has 0 saturated heterocycles. The molecule has 0 aliphatic rings. The summed E-state index contributed by atoms with van der Waals surface area (Å²) in [4.78, 5) is 24.4. The van der Waals surface area contributed by atoms with E-state index in [9.17, 15) is 9.59 Å². The molecule has 2 N–H and O–H groups in total. The summed E-state index contributed by atoms with van der Waals surface area (Å²) >= 11 is 1.34. The molecule has 1 atom stereocenters. The van der Waals surface area contributed by atoms with Gasteiger partial charge < -0.3 is 15.4 Å². The van der Waals surface area contributed by atoms with Gasteiger partial charge in [0.2, 0.25) is 5.91 Å². The van der Waals surface area contributed by atoms with Gasteiger partial charge in [-0.3, -0.25) is 9.59 Å². The monoisotopic (exact) mass is 332 g/mol. The van der Waals surface area contributed by atoms with E-state index in [0.29, 0.717) is 4.88 Å². The van der Waals surface area contributed by atoms with Crippen molar-refractivity contribution in [2.75, 3.05) is 13.7 Å². The molecule has 0 bridgehead atoms. The maximum atomic E-state index is 12.0. The van der Waals surface area contributed by atoms with Gasteiger partial charge in [-0.05, 0) is 31.4 Å². The smallest absolute Gasteiger partial charge is 0.261 e. The summed E-state index contributed by atoms with van der Waals surface area (Å²) in [5.74, 6) is 0.243. The van der Waals surface area contributed by atoms with Gasteiger partial charge in [0, 0.05) is 5.56 Å². The Morgan fingerprint density at radius 2 is 2.09 bits per heavy atom. The van der Waals surface area contributed by atoms with Crippen LogP contribution < -0.4 is 15.4 Å². The zero-order chi connectivity index (χ0) is 16.8. The van der Waals surface area contributed by atoms with Crippen molar-refractivity contribution in [1.29, 1.82) is 0 Å². The molecule has 2 aromatic rings. The minimum Gasteiger partial charge on any atom is -0.496 e. The first-order valence-electron chi connectivity index (χ1n) is 7.27. The Labute approximate surface area is 139 Å². The molecule has 0 aliphatic carbocycles. The van der Waals surface area contributed by atoms with Crippen LogP contribution in [0, 0.1) is 6.92 Å². The summed E-state index contributed by atoms with van der Waals surface area (Å²) in [7, 11) is 1.60. The van der Waals surface area contributed by atoms with E-state index in [1.54, 1.807) is 19.2 Å². The summed E-state index contributed by atoms with van der Waals surface area (Å²) in [5.41, 5.74) is 2.00. The van der Waals surface area contributed by atoms with Crippen LogP contribution in [0.2, 0.25) is 0 Å². The maximum absolute atomic E-state index is 12.0. The number of hydrogen-bond acceptors (Lipinski definition) is 4. The van der Waals surface area contributed by atoms with Gasteiger partial charge in [0.15, 0.2) is 0 Å². The van der Waals surface area contributed by atoms with E-state index in [2.05, 4.69) is 10.6 Å². The van der Waals surface area contributed by atoms with Crippen LogP contribution in [0.5, 0.6) is 5.75 Å². The molecule has 0 radical (unpaired) electrons. The van der Waals surface area contributed by atoms with Crippen molar-refractivity contribution in [1.82, 2.24) is 10.6 Å². The van der Waals surface area contributed by atoms with Crippen molar-refractivity contribution in [2.45, 2.75) is 19.9 Å². The third-order valence-corrected chi connectivity index (χ3v) is 4.25. The van der Waals surface area contributed by atoms with Crippen molar-refractivity contribution in [3.63, 3.8) is 0 Å². The number of methoxy groups -OCH3 is 1. The van der Waals surface area contributed by atoms with Crippen LogP contribution in [0.25, 0.3) is 0 Å². The molecule has 0 fully saturated rings. The van der Waals surface area contributed by atoms with Crippen LogP contribution >= 0.6 is 11.3 Å². The molecule has 0 saturated carbocycles. The lowest BCUT2D eigenvalue weighted by Crippen LogP contribution is -2.37. The highest BCUT2D eigenvalue weighted by atomic mass is 32.1. The largest absolute Gasteiger partial charge is 0.496 e. The molecule has 0 aliphatic heterocycles. The Morgan fingerprint density at radius 3 is 2.74 bits per heavy atom. The minimum atomic E-state index is -0.244. The summed E-state index contributed by atoms with van der Waals surface area (Å²) in [6.07, 6.45) is 0. The highest BCUT2D eigenvalue weighted by molar-refractivity contribution is 7.12. The predicted molar refractivity (Wildman–Crippen MR) is 90.9 cm³/mol. The van der Waals surface area contributed by atoms with Gasteiger partial charge in [-0.15, -0.1) is 11.3 Å². The van der Waals surface area contributed by atoms with Gasteiger partial charge in [-0.25, -0.2) is 0 Å². The Morgan fingerprint density at radius 1 is 1.30 bits per heavy atom. The van der Waals surface area contributed by atoms with E-state index in [4.69, 9.17) is 4.74 Å². The quantitative estimate of drug-likeness (QED) is 0.854. The van der Waals surface area contributed by atoms with Gasteiger partial charge in [0.25, 0.3) is 5.91 Å². The summed E-state index contributed by atoms with van der Waals surface area (Å²) in [6, 6.07) is 9.12. The lowest BCUT2D eigenvalue weighted by atomic mass is 10.0. The number of rotatable bonds is 6. The third kappa shape index (κ3) is 4.56. The van der Waals surface area contributed by atoms with Crippen LogP contribution in [-0.4, -0.2) is 25.5 Å². The van der Waals surface area contributed by atoms with Crippen molar-refractivity contribution in [3.05, 3.63) is 51.7 Å². The molecule has 0 unspecified atom stereocenters. The number of thiophene rings is 1. The van der Waals surface area contributed by atoms with E-state index in [0.717, 1.165) is 16.9 Å². The molecule has 1 aromatic carbocycles. The lowest BCUT2D eigenvalue weighted by Gasteiger charge is -2.18. The number of amides is 2. The van der Waals surface area contributed by atoms with Gasteiger partial charge in [-0.2, -0.15) is 0 Å². The lowest BCUT2D eigenvalue weighted by molar-refractivity contribution is -0.120. The third-order valence-electron chi connectivity index (χ3n) is 3.38. The molecule has 0 spiro atoms. The van der Waals surface area contributed by atoms with E-state index >= 15 is 0 Å². The van der Waals surface area contributed by atoms with E-state index in [1.807, 2.05) is 37.4 Å². The summed E-state index contributed by atoms with van der Waals surface area (Å²) < 4.78 is 5.33. The van der Waals surface area contributed by atoms with Crippen LogP contribution in [0.1, 0.15) is 33.8 Å². The fourth-order valence-corrected chi connectivity index (χ4v) is 2.86. The molecule has 6 heteroatoms. The number of ether oxygens (including phenoxy) is 1. The first kappa shape index (κ1) is 17.0. The number of hydrogen-bond donors (Lipinski definition) is 2. The topological polar surface area (TPSA) is 67.4 Å². The SMILES string of the molecule is COc1ccc(C)cc1[C@H](C)NC(=O)CNC(=O)c1cccs1. The van der Waals surface area contributed by atoms with Crippen LogP contribution in [0.3, 0.4) is 0 Å². The van der Waals surface area contributed by atoms with Crippen LogP contribution in [0.4, 0.5) is 0 Å². The molecule has 5 nitrogen and oxygen atoms in total. The normalized spacial score (nSPS) is 11.6. The van der Waals surface area contributed by atoms with Gasteiger partial charge in [0.1, 0.15) is 5.75 Å². The first-order chi connectivity index (χ1) is 11.0. The average Bonchev–Trinajstić information content (AvgIpc) is 3.07. The molecular weight excluding hydrogens is 312 g/mol. The number of benzene rings is 1. The molecular formula is C17H20N2O3S. The molecule has 1 heterocycles. The highest BCUT2D eigenvalue weighted by Crippen LogP contribution is 2.25. The van der Waals surface area contributed by atoms with E-state index in [-0.39, 0.29) is 24.4 Å². The summed E-state index contributed by atoms with van der Waals surface area (Å²) in [5, 5.41) is 7.30. The molecule has 2 rings (SSSR count). The standard InChI is InChI=1S/C17H20N2O3S/c1-11-6-7-14(22-3)13(9-11)12(2)19-16(20)10-18-17(21)15-5-4-8-23-15/h4-9,12H,10H2,1-3H3,(H,18,21)(H,19,20)/t12-/m0/s1. The molecule has 23 heavy (non-hydrogen) atoms. The Kier molecular flexibility index (Phi) is 5.76. The Balaban J connectivity index is 1.92. The van der Waals surface area contributed by atoms with Crippen molar-refractivity contribution < 1.29 is 14.3 Å². The Bertz CT molecular complexity index is 683. The second kappa shape index (κ2) is 7.78. The fraction of sp³-hybridized carbons (Fsp3) is 0.294. The zero-order valence-corrected chi connectivity index (χ0v) is 14.2. The van der Waals surface area contributed by atoms with Gasteiger partial charge in [0.05, 0.1) is 24.6 Å². The van der Waals surface area contributed by atoms with Crippen LogP contribution in [0.15, 0.2) is 35.7 Å². The molecule has 1 aromatic heterocycles. The second-order valence-electron chi connectivity index (χ2n) is 5.19. The predicted octanol–water partition coefficient (Wildman–Crippen LogP) is 2.67. The fourth-order valence-electron chi connectivity index (χ4n) is 2.22.